The van der Waals surface area contributed by atoms with E-state index in [1.54, 1.807) is 0 Å². The molecule has 2 rings (SSSR count). The normalized spacial score (nSPS) is 18.3. The molecule has 0 atom stereocenters. The molecule has 0 radical (unpaired) electrons. The highest BCUT2D eigenvalue weighted by molar-refractivity contribution is 5.66. The van der Waals surface area contributed by atoms with E-state index in [4.69, 9.17) is 0 Å². The number of rotatable bonds is 0. The summed E-state index contributed by atoms with van der Waals surface area (Å²) >= 11 is 0. The first-order valence-electron chi connectivity index (χ1n) is 8.40. The van der Waals surface area contributed by atoms with Crippen molar-refractivity contribution in [3.05, 3.63) is 29.3 Å². The van der Waals surface area contributed by atoms with E-state index in [1.807, 2.05) is 0 Å². The monoisotopic (exact) mass is 323 g/mol. The second kappa shape index (κ2) is 4.94. The minimum absolute atomic E-state index is 0.0930. The van der Waals surface area contributed by atoms with E-state index < -0.39 is 11.6 Å². The molecule has 0 saturated heterocycles. The molecule has 0 amide bonds. The predicted octanol–water partition coefficient (Wildman–Crippen LogP) is 5.91. The van der Waals surface area contributed by atoms with Crippen LogP contribution in [0.1, 0.15) is 67.9 Å². The smallest absolute Gasteiger partial charge is 0.160 e. The van der Waals surface area contributed by atoms with Gasteiger partial charge in [0.1, 0.15) is 0 Å². The summed E-state index contributed by atoms with van der Waals surface area (Å²) in [4.78, 5) is 2.24. The fraction of sp³-hybridized carbons (Fsp3) is 0.700. The molecule has 0 aliphatic carbocycles. The standard InChI is InChI=1S/C20H31F2N/c1-17(2,3)20(18(4,5)6)12-23(19(7,8)9)16-11-15(22)14(21)10-13(16)20/h10-11H,12H2,1-9H3. The largest absolute Gasteiger partial charge is 0.365 e. The van der Waals surface area contributed by atoms with Crippen LogP contribution in [0.3, 0.4) is 0 Å². The van der Waals surface area contributed by atoms with Gasteiger partial charge in [-0.25, -0.2) is 8.78 Å². The van der Waals surface area contributed by atoms with Gasteiger partial charge in [0.15, 0.2) is 11.6 Å². The molecular formula is C20H31F2N. The van der Waals surface area contributed by atoms with Gasteiger partial charge in [-0.2, -0.15) is 0 Å². The third-order valence-corrected chi connectivity index (χ3v) is 5.55. The average molecular weight is 323 g/mol. The van der Waals surface area contributed by atoms with Crippen molar-refractivity contribution in [2.45, 2.75) is 73.3 Å². The molecule has 0 fully saturated rings. The van der Waals surface area contributed by atoms with Crippen LogP contribution in [-0.2, 0) is 5.41 Å². The number of fused-ring (bicyclic) bond motifs is 1. The van der Waals surface area contributed by atoms with Gasteiger partial charge >= 0.3 is 0 Å². The molecule has 1 aliphatic heterocycles. The molecule has 0 spiro atoms. The number of benzene rings is 1. The lowest BCUT2D eigenvalue weighted by atomic mass is 9.52. The van der Waals surface area contributed by atoms with Crippen LogP contribution in [0, 0.1) is 22.5 Å². The van der Waals surface area contributed by atoms with Crippen LogP contribution < -0.4 is 4.90 Å². The van der Waals surface area contributed by atoms with Gasteiger partial charge in [-0.3, -0.25) is 0 Å². The Kier molecular flexibility index (Phi) is 3.91. The quantitative estimate of drug-likeness (QED) is 0.573. The van der Waals surface area contributed by atoms with Gasteiger partial charge in [-0.1, -0.05) is 41.5 Å². The second-order valence-electron chi connectivity index (χ2n) is 9.95. The maximum absolute atomic E-state index is 14.1. The summed E-state index contributed by atoms with van der Waals surface area (Å²) in [6.07, 6.45) is 0. The molecule has 130 valence electrons. The summed E-state index contributed by atoms with van der Waals surface area (Å²) in [5.74, 6) is -1.52. The maximum Gasteiger partial charge on any atom is 0.160 e. The predicted molar refractivity (Wildman–Crippen MR) is 94.0 cm³/mol. The first-order chi connectivity index (χ1) is 10.1. The van der Waals surface area contributed by atoms with E-state index in [9.17, 15) is 8.78 Å². The highest BCUT2D eigenvalue weighted by Gasteiger charge is 2.58. The summed E-state index contributed by atoms with van der Waals surface area (Å²) in [6, 6.07) is 2.82. The Morgan fingerprint density at radius 3 is 1.65 bits per heavy atom. The lowest BCUT2D eigenvalue weighted by molar-refractivity contribution is 0.0633. The average Bonchev–Trinajstić information content (AvgIpc) is 2.63. The van der Waals surface area contributed by atoms with E-state index in [0.29, 0.717) is 0 Å². The van der Waals surface area contributed by atoms with Crippen molar-refractivity contribution in [3.63, 3.8) is 0 Å². The minimum atomic E-state index is -0.767. The van der Waals surface area contributed by atoms with Gasteiger partial charge in [-0.05, 0) is 43.2 Å². The number of nitrogens with zero attached hydrogens (tertiary/aromatic N) is 1. The minimum Gasteiger partial charge on any atom is -0.365 e. The molecule has 0 N–H and O–H groups in total. The van der Waals surface area contributed by atoms with Crippen LogP contribution in [0.15, 0.2) is 12.1 Å². The van der Waals surface area contributed by atoms with Gasteiger partial charge in [0.25, 0.3) is 0 Å². The molecule has 0 unspecified atom stereocenters. The van der Waals surface area contributed by atoms with Gasteiger partial charge in [0.05, 0.1) is 0 Å². The molecule has 0 bridgehead atoms. The zero-order valence-corrected chi connectivity index (χ0v) is 16.1. The zero-order chi connectivity index (χ0) is 18.0. The number of hydrogen-bond donors (Lipinski definition) is 0. The zero-order valence-electron chi connectivity index (χ0n) is 16.1. The number of halogens is 2. The van der Waals surface area contributed by atoms with E-state index in [2.05, 4.69) is 67.2 Å². The van der Waals surface area contributed by atoms with Crippen molar-refractivity contribution in [2.24, 2.45) is 10.8 Å². The Hall–Kier alpha value is -1.12. The van der Waals surface area contributed by atoms with E-state index in [1.165, 1.54) is 12.1 Å². The molecule has 23 heavy (non-hydrogen) atoms. The van der Waals surface area contributed by atoms with Crippen molar-refractivity contribution >= 4 is 5.69 Å². The van der Waals surface area contributed by atoms with Crippen LogP contribution in [0.5, 0.6) is 0 Å². The fourth-order valence-electron chi connectivity index (χ4n) is 4.51. The molecule has 0 aromatic heterocycles. The maximum atomic E-state index is 14.1. The lowest BCUT2D eigenvalue weighted by Crippen LogP contribution is -2.55. The highest BCUT2D eigenvalue weighted by Crippen LogP contribution is 2.60. The Bertz CT molecular complexity index is 598. The van der Waals surface area contributed by atoms with Crippen LogP contribution in [0.25, 0.3) is 0 Å². The van der Waals surface area contributed by atoms with E-state index >= 15 is 0 Å². The summed E-state index contributed by atoms with van der Waals surface area (Å²) in [6.45, 7) is 20.4. The van der Waals surface area contributed by atoms with Crippen molar-refractivity contribution in [1.82, 2.24) is 0 Å². The molecule has 1 aliphatic rings. The number of hydrogen-bond acceptors (Lipinski definition) is 1. The highest BCUT2D eigenvalue weighted by atomic mass is 19.2. The van der Waals surface area contributed by atoms with Crippen LogP contribution in [0.2, 0.25) is 0 Å². The Balaban J connectivity index is 2.87. The van der Waals surface area contributed by atoms with Gasteiger partial charge < -0.3 is 4.90 Å². The Morgan fingerprint density at radius 2 is 1.26 bits per heavy atom. The van der Waals surface area contributed by atoms with Crippen LogP contribution >= 0.6 is 0 Å². The van der Waals surface area contributed by atoms with Crippen molar-refractivity contribution in [1.29, 1.82) is 0 Å². The fourth-order valence-corrected chi connectivity index (χ4v) is 4.51. The third-order valence-electron chi connectivity index (χ3n) is 5.55. The van der Waals surface area contributed by atoms with Gasteiger partial charge in [0.2, 0.25) is 0 Å². The second-order valence-corrected chi connectivity index (χ2v) is 9.95. The molecule has 1 heterocycles. The molecule has 1 aromatic carbocycles. The first-order valence-corrected chi connectivity index (χ1v) is 8.40. The summed E-state index contributed by atoms with van der Waals surface area (Å²) in [5, 5.41) is 0. The van der Waals surface area contributed by atoms with Crippen LogP contribution in [0.4, 0.5) is 14.5 Å². The van der Waals surface area contributed by atoms with E-state index in [0.717, 1.165) is 17.8 Å². The van der Waals surface area contributed by atoms with Gasteiger partial charge in [-0.15, -0.1) is 0 Å². The SMILES string of the molecule is CC(C)(C)N1CC(C(C)(C)C)(C(C)(C)C)c2cc(F)c(F)cc21. The van der Waals surface area contributed by atoms with E-state index in [-0.39, 0.29) is 21.8 Å². The Morgan fingerprint density at radius 1 is 0.826 bits per heavy atom. The molecule has 1 aromatic rings. The van der Waals surface area contributed by atoms with Crippen molar-refractivity contribution in [2.75, 3.05) is 11.4 Å². The number of anilines is 1. The summed E-state index contributed by atoms with van der Waals surface area (Å²) in [7, 11) is 0. The topological polar surface area (TPSA) is 3.24 Å². The molecule has 3 heteroatoms. The summed E-state index contributed by atoms with van der Waals surface area (Å²) < 4.78 is 28.1. The molecule has 1 nitrogen and oxygen atoms in total. The Labute approximate surface area is 140 Å². The lowest BCUT2D eigenvalue weighted by Gasteiger charge is -2.52. The van der Waals surface area contributed by atoms with Gasteiger partial charge in [0, 0.05) is 29.3 Å². The van der Waals surface area contributed by atoms with Crippen molar-refractivity contribution in [3.8, 4) is 0 Å². The van der Waals surface area contributed by atoms with Crippen LogP contribution in [-0.4, -0.2) is 12.1 Å². The molecular weight excluding hydrogens is 292 g/mol. The summed E-state index contributed by atoms with van der Waals surface area (Å²) in [5.41, 5.74) is 1.16. The third kappa shape index (κ3) is 2.56. The molecule has 0 saturated carbocycles. The van der Waals surface area contributed by atoms with Crippen molar-refractivity contribution < 1.29 is 8.78 Å². The first kappa shape index (κ1) is 18.2.